The maximum absolute atomic E-state index is 13.2. The summed E-state index contributed by atoms with van der Waals surface area (Å²) in [4.78, 5) is 40.2. The minimum absolute atomic E-state index is 0.0294. The van der Waals surface area contributed by atoms with Crippen molar-refractivity contribution in [2.24, 2.45) is 5.92 Å². The van der Waals surface area contributed by atoms with E-state index in [1.165, 1.54) is 24.3 Å². The molecule has 2 bridgehead atoms. The number of amides is 3. The van der Waals surface area contributed by atoms with E-state index in [2.05, 4.69) is 10.6 Å². The third-order valence-corrected chi connectivity index (χ3v) is 6.26. The molecule has 8 heteroatoms. The lowest BCUT2D eigenvalue weighted by Gasteiger charge is -2.43. The summed E-state index contributed by atoms with van der Waals surface area (Å²) in [5.74, 6) is -0.345. The molecule has 2 aliphatic heterocycles. The molecule has 2 aliphatic rings. The smallest absolute Gasteiger partial charge is 0.323 e. The van der Waals surface area contributed by atoms with Gasteiger partial charge in [-0.2, -0.15) is 0 Å². The fraction of sp³-hybridized carbons (Fsp3) is 0.240. The van der Waals surface area contributed by atoms with Gasteiger partial charge in [-0.05, 0) is 60.9 Å². The van der Waals surface area contributed by atoms with Crippen LogP contribution in [-0.2, 0) is 6.54 Å². The van der Waals surface area contributed by atoms with E-state index in [4.69, 9.17) is 0 Å². The average Bonchev–Trinajstić information content (AvgIpc) is 2.82. The number of carbonyl (C=O) groups excluding carboxylic acids is 2. The lowest BCUT2D eigenvalue weighted by Crippen LogP contribution is -2.49. The molecule has 7 nitrogen and oxygen atoms in total. The number of pyridine rings is 1. The molecule has 2 N–H and O–H groups in total. The highest BCUT2D eigenvalue weighted by Crippen LogP contribution is 2.36. The van der Waals surface area contributed by atoms with Gasteiger partial charge in [-0.25, -0.2) is 9.18 Å². The predicted octanol–water partition coefficient (Wildman–Crippen LogP) is 3.89. The normalized spacial score (nSPS) is 18.9. The number of halogens is 1. The molecule has 3 aromatic rings. The molecule has 1 aromatic heterocycles. The molecule has 0 unspecified atom stereocenters. The lowest BCUT2D eigenvalue weighted by atomic mass is 9.83. The number of carbonyl (C=O) groups is 2. The molecule has 33 heavy (non-hydrogen) atoms. The quantitative estimate of drug-likeness (QED) is 0.640. The van der Waals surface area contributed by atoms with E-state index in [1.54, 1.807) is 27.7 Å². The van der Waals surface area contributed by atoms with E-state index in [0.717, 1.165) is 12.1 Å². The number of likely N-dealkylation sites (tertiary alicyclic amines) is 1. The van der Waals surface area contributed by atoms with Crippen LogP contribution in [-0.4, -0.2) is 34.5 Å². The Bertz CT molecular complexity index is 1260. The van der Waals surface area contributed by atoms with Gasteiger partial charge in [0.15, 0.2) is 0 Å². The number of hydrogen-bond donors (Lipinski definition) is 2. The standard InChI is InChI=1S/C25H23FN4O3/c26-19-8-6-17(7-9-19)23(31)29-13-16-12-18(15-29)22-11-10-21(24(32)30(22)14-16)28-25(33)27-20-4-2-1-3-5-20/h1-11,16,18H,12-15H2,(H2,27,28,33)/t16-,18-/m1/s1. The van der Waals surface area contributed by atoms with E-state index in [0.29, 0.717) is 30.9 Å². The first-order chi connectivity index (χ1) is 16.0. The minimum atomic E-state index is -0.481. The van der Waals surface area contributed by atoms with Crippen molar-refractivity contribution in [3.8, 4) is 0 Å². The van der Waals surface area contributed by atoms with Crippen LogP contribution in [0.1, 0.15) is 28.4 Å². The van der Waals surface area contributed by atoms with Gasteiger partial charge in [-0.15, -0.1) is 0 Å². The SMILES string of the molecule is O=C(Nc1ccccc1)Nc1ccc2n(c1=O)C[C@@H]1C[C@@H]2CN(C(=O)c2ccc(F)cc2)C1. The topological polar surface area (TPSA) is 83.4 Å². The number of urea groups is 1. The van der Waals surface area contributed by atoms with Gasteiger partial charge in [-0.3, -0.25) is 9.59 Å². The summed E-state index contributed by atoms with van der Waals surface area (Å²) in [7, 11) is 0. The van der Waals surface area contributed by atoms with E-state index >= 15 is 0 Å². The van der Waals surface area contributed by atoms with Gasteiger partial charge in [0.05, 0.1) is 0 Å². The molecule has 2 aromatic carbocycles. The summed E-state index contributed by atoms with van der Waals surface area (Å²) in [6, 6.07) is 17.6. The van der Waals surface area contributed by atoms with Gasteiger partial charge in [0.25, 0.3) is 11.5 Å². The number of para-hydroxylation sites is 1. The monoisotopic (exact) mass is 446 g/mol. The third-order valence-electron chi connectivity index (χ3n) is 6.26. The van der Waals surface area contributed by atoms with E-state index < -0.39 is 6.03 Å². The Morgan fingerprint density at radius 3 is 2.39 bits per heavy atom. The van der Waals surface area contributed by atoms with Crippen LogP contribution in [0.4, 0.5) is 20.6 Å². The van der Waals surface area contributed by atoms with Crippen LogP contribution in [0, 0.1) is 11.7 Å². The Morgan fingerprint density at radius 1 is 0.879 bits per heavy atom. The second kappa shape index (κ2) is 8.54. The zero-order valence-electron chi connectivity index (χ0n) is 17.8. The number of benzene rings is 2. The van der Waals surface area contributed by atoms with Gasteiger partial charge in [0.2, 0.25) is 0 Å². The number of hydrogen-bond acceptors (Lipinski definition) is 3. The highest BCUT2D eigenvalue weighted by Gasteiger charge is 2.37. The van der Waals surface area contributed by atoms with Gasteiger partial charge >= 0.3 is 6.03 Å². The summed E-state index contributed by atoms with van der Waals surface area (Å²) in [5.41, 5.74) is 1.92. The van der Waals surface area contributed by atoms with E-state index in [9.17, 15) is 18.8 Å². The van der Waals surface area contributed by atoms with E-state index in [1.807, 2.05) is 24.3 Å². The first kappa shape index (κ1) is 20.9. The summed E-state index contributed by atoms with van der Waals surface area (Å²) in [5, 5.41) is 5.36. The molecule has 1 saturated heterocycles. The summed E-state index contributed by atoms with van der Waals surface area (Å²) < 4.78 is 14.9. The van der Waals surface area contributed by atoms with E-state index in [-0.39, 0.29) is 34.8 Å². The molecular formula is C25H23FN4O3. The average molecular weight is 446 g/mol. The highest BCUT2D eigenvalue weighted by molar-refractivity contribution is 5.99. The molecule has 2 atom stereocenters. The largest absolute Gasteiger partial charge is 0.338 e. The number of anilines is 2. The molecule has 5 rings (SSSR count). The Labute approximate surface area is 189 Å². The molecule has 0 aliphatic carbocycles. The van der Waals surface area contributed by atoms with Gasteiger partial charge < -0.3 is 20.1 Å². The fourth-order valence-electron chi connectivity index (χ4n) is 4.79. The first-order valence-corrected chi connectivity index (χ1v) is 10.9. The number of fused-ring (bicyclic) bond motifs is 4. The summed E-state index contributed by atoms with van der Waals surface area (Å²) in [6.07, 6.45) is 0.897. The van der Waals surface area contributed by atoms with Crippen LogP contribution in [0.5, 0.6) is 0 Å². The molecule has 3 amide bonds. The first-order valence-electron chi connectivity index (χ1n) is 10.9. The van der Waals surface area contributed by atoms with Crippen LogP contribution < -0.4 is 16.2 Å². The Balaban J connectivity index is 1.33. The zero-order chi connectivity index (χ0) is 22.9. The lowest BCUT2D eigenvalue weighted by molar-refractivity contribution is 0.0594. The van der Waals surface area contributed by atoms with Crippen molar-refractivity contribution in [2.75, 3.05) is 23.7 Å². The van der Waals surface area contributed by atoms with Crippen molar-refractivity contribution >= 4 is 23.3 Å². The van der Waals surface area contributed by atoms with Crippen LogP contribution >= 0.6 is 0 Å². The Morgan fingerprint density at radius 2 is 1.64 bits per heavy atom. The molecule has 0 radical (unpaired) electrons. The Kier molecular flexibility index (Phi) is 5.42. The molecule has 0 spiro atoms. The number of nitrogens with one attached hydrogen (secondary N) is 2. The van der Waals surface area contributed by atoms with Crippen LogP contribution in [0.2, 0.25) is 0 Å². The van der Waals surface area contributed by atoms with Crippen LogP contribution in [0.25, 0.3) is 0 Å². The van der Waals surface area contributed by atoms with Gasteiger partial charge in [0, 0.05) is 42.5 Å². The van der Waals surface area contributed by atoms with Gasteiger partial charge in [-0.1, -0.05) is 18.2 Å². The van der Waals surface area contributed by atoms with Crippen molar-refractivity contribution in [3.63, 3.8) is 0 Å². The maximum Gasteiger partial charge on any atom is 0.323 e. The number of rotatable bonds is 3. The molecule has 168 valence electrons. The summed E-state index contributed by atoms with van der Waals surface area (Å²) >= 11 is 0. The number of aromatic nitrogens is 1. The van der Waals surface area contributed by atoms with Crippen molar-refractivity contribution < 1.29 is 14.0 Å². The number of nitrogens with zero attached hydrogens (tertiary/aromatic N) is 2. The number of piperidine rings is 1. The maximum atomic E-state index is 13.2. The van der Waals surface area contributed by atoms with Crippen LogP contribution in [0.3, 0.4) is 0 Å². The van der Waals surface area contributed by atoms with Crippen molar-refractivity contribution in [3.05, 3.63) is 94.2 Å². The molecule has 0 saturated carbocycles. The highest BCUT2D eigenvalue weighted by atomic mass is 19.1. The third kappa shape index (κ3) is 4.24. The van der Waals surface area contributed by atoms with Crippen LogP contribution in [0.15, 0.2) is 71.5 Å². The second-order valence-corrected chi connectivity index (χ2v) is 8.55. The predicted molar refractivity (Wildman–Crippen MR) is 123 cm³/mol. The Hall–Kier alpha value is -3.94. The second-order valence-electron chi connectivity index (χ2n) is 8.55. The molecule has 3 heterocycles. The fourth-order valence-corrected chi connectivity index (χ4v) is 4.79. The molecule has 1 fully saturated rings. The van der Waals surface area contributed by atoms with Gasteiger partial charge in [0.1, 0.15) is 11.5 Å². The summed E-state index contributed by atoms with van der Waals surface area (Å²) in [6.45, 7) is 1.51. The van der Waals surface area contributed by atoms with Crippen molar-refractivity contribution in [1.29, 1.82) is 0 Å². The minimum Gasteiger partial charge on any atom is -0.338 e. The zero-order valence-corrected chi connectivity index (χ0v) is 17.8. The van der Waals surface area contributed by atoms with Crippen molar-refractivity contribution in [1.82, 2.24) is 9.47 Å². The molecular weight excluding hydrogens is 423 g/mol. The van der Waals surface area contributed by atoms with Crippen molar-refractivity contribution in [2.45, 2.75) is 18.9 Å².